The van der Waals surface area contributed by atoms with E-state index in [1.54, 1.807) is 21.3 Å². The van der Waals surface area contributed by atoms with Crippen LogP contribution in [-0.4, -0.2) is 118 Å². The summed E-state index contributed by atoms with van der Waals surface area (Å²) < 4.78 is 50.2. The molecule has 364 valence electrons. The van der Waals surface area contributed by atoms with E-state index in [0.29, 0.717) is 19.3 Å². The second kappa shape index (κ2) is 24.2. The number of ketones is 1. The number of carbonyl (C=O) groups excluding carboxylic acids is 3. The van der Waals surface area contributed by atoms with Crippen LogP contribution in [0.25, 0.3) is 0 Å². The number of ether oxygens (including phenoxy) is 8. The third-order valence-electron chi connectivity index (χ3n) is 16.1. The van der Waals surface area contributed by atoms with E-state index in [4.69, 9.17) is 37.9 Å². The number of carbonyl (C=O) groups is 3. The summed E-state index contributed by atoms with van der Waals surface area (Å²) in [5.41, 5.74) is 0.735. The van der Waals surface area contributed by atoms with Crippen LogP contribution >= 0.6 is 0 Å². The molecule has 64 heavy (non-hydrogen) atoms. The highest BCUT2D eigenvalue weighted by Crippen LogP contribution is 2.54. The molecule has 0 N–H and O–H groups in total. The minimum absolute atomic E-state index is 0.0103. The Hall–Kier alpha value is -2.19. The normalized spacial score (nSPS) is 39.7. The third-order valence-corrected chi connectivity index (χ3v) is 16.1. The molecule has 12 heteroatoms. The molecule has 0 radical (unpaired) electrons. The quantitative estimate of drug-likeness (QED) is 0.0743. The predicted octanol–water partition coefficient (Wildman–Crippen LogP) is 9.16. The van der Waals surface area contributed by atoms with E-state index >= 15 is 0 Å². The van der Waals surface area contributed by atoms with E-state index in [2.05, 4.69) is 45.9 Å². The predicted molar refractivity (Wildman–Crippen MR) is 245 cm³/mol. The highest BCUT2D eigenvalue weighted by Gasteiger charge is 2.53. The minimum atomic E-state index is -0.614. The number of Topliss-reactive ketones (excluding diaryl/α,β-unsaturated/α-hetero) is 1. The lowest BCUT2D eigenvalue weighted by molar-refractivity contribution is -0.314. The zero-order chi connectivity index (χ0) is 46.1. The van der Waals surface area contributed by atoms with Crippen molar-refractivity contribution in [2.75, 3.05) is 28.4 Å². The van der Waals surface area contributed by atoms with Gasteiger partial charge in [-0.25, -0.2) is 0 Å². The standard InChI is InChI=1S/C52H85NO11/c1-11-14-16-17-20-34(19-15-12-2)51(56)53(7)43-25-26-46(60-32(43)5)64-44-22-18-21-36(13-3)62-45(54)30-41-38-24-23-35-27-37(28-39(35)40(38)29-42(41)47(55)31(44)4)63-52-50(59-10)49(58-9)48(57-8)33(6)61-52/h23-24,29,31-41,43-44,46,48-50,52H,11-22,25-28,30H2,1-10H3/t31-,32?,33?,34?,35-,36+,37-,38-,39-,40-,41+,43+,44+,46+,48+,49?,50+,52+/m1/s1. The molecule has 1 saturated carbocycles. The average Bonchev–Trinajstić information content (AvgIpc) is 3.87. The largest absolute Gasteiger partial charge is 0.462 e. The summed E-state index contributed by atoms with van der Waals surface area (Å²) in [6.45, 7) is 12.5. The number of methoxy groups -OCH3 is 3. The molecule has 3 heterocycles. The van der Waals surface area contributed by atoms with E-state index in [1.807, 2.05) is 25.8 Å². The number of rotatable bonds is 18. The molecule has 18 atom stereocenters. The number of hydrogen-bond acceptors (Lipinski definition) is 11. The maximum atomic E-state index is 14.9. The molecule has 0 aromatic heterocycles. The average molecular weight is 900 g/mol. The van der Waals surface area contributed by atoms with E-state index in [9.17, 15) is 14.4 Å². The molecule has 3 saturated heterocycles. The maximum Gasteiger partial charge on any atom is 0.306 e. The van der Waals surface area contributed by atoms with Crippen LogP contribution in [0.4, 0.5) is 0 Å². The number of allylic oxidation sites excluding steroid dienone is 4. The Kier molecular flexibility index (Phi) is 19.4. The molecule has 4 unspecified atom stereocenters. The Morgan fingerprint density at radius 2 is 1.53 bits per heavy atom. The van der Waals surface area contributed by atoms with Crippen molar-refractivity contribution >= 4 is 17.7 Å². The van der Waals surface area contributed by atoms with Crippen molar-refractivity contribution in [2.24, 2.45) is 41.4 Å². The molecule has 3 aliphatic heterocycles. The van der Waals surface area contributed by atoms with Gasteiger partial charge in [0.25, 0.3) is 0 Å². The van der Waals surface area contributed by atoms with Crippen LogP contribution in [0.15, 0.2) is 23.8 Å². The highest BCUT2D eigenvalue weighted by atomic mass is 16.7. The van der Waals surface area contributed by atoms with Crippen molar-refractivity contribution in [2.45, 2.75) is 218 Å². The Balaban J connectivity index is 1.15. The maximum absolute atomic E-state index is 14.9. The summed E-state index contributed by atoms with van der Waals surface area (Å²) in [6, 6.07) is -0.0295. The molecular formula is C52H85NO11. The molecule has 4 fully saturated rings. The number of esters is 1. The van der Waals surface area contributed by atoms with Gasteiger partial charge in [0.2, 0.25) is 5.91 Å². The van der Waals surface area contributed by atoms with Gasteiger partial charge in [0.1, 0.15) is 24.4 Å². The van der Waals surface area contributed by atoms with Crippen molar-refractivity contribution < 1.29 is 52.3 Å². The zero-order valence-electron chi connectivity index (χ0n) is 41.1. The third kappa shape index (κ3) is 11.9. The number of nitrogens with zero attached hydrogens (tertiary/aromatic N) is 1. The number of fused-ring (bicyclic) bond motifs is 5. The van der Waals surface area contributed by atoms with Gasteiger partial charge < -0.3 is 42.8 Å². The summed E-state index contributed by atoms with van der Waals surface area (Å²) in [4.78, 5) is 44.5. The molecule has 6 rings (SSSR count). The van der Waals surface area contributed by atoms with Gasteiger partial charge in [0, 0.05) is 52.6 Å². The van der Waals surface area contributed by atoms with Crippen molar-refractivity contribution in [3.05, 3.63) is 23.8 Å². The molecule has 0 bridgehead atoms. The first-order valence-corrected chi connectivity index (χ1v) is 25.5. The lowest BCUT2D eigenvalue weighted by Gasteiger charge is -2.44. The summed E-state index contributed by atoms with van der Waals surface area (Å²) >= 11 is 0. The number of amides is 1. The molecular weight excluding hydrogens is 815 g/mol. The minimum Gasteiger partial charge on any atom is -0.462 e. The first-order chi connectivity index (χ1) is 30.9. The molecule has 3 aliphatic carbocycles. The highest BCUT2D eigenvalue weighted by molar-refractivity contribution is 5.99. The molecule has 0 aromatic carbocycles. The number of likely N-dealkylation sites (N-methyl/N-ethyl adjacent to an activating group) is 1. The van der Waals surface area contributed by atoms with Crippen LogP contribution in [0.2, 0.25) is 0 Å². The van der Waals surface area contributed by atoms with Crippen LogP contribution in [0.5, 0.6) is 0 Å². The van der Waals surface area contributed by atoms with E-state index in [1.165, 1.54) is 19.3 Å². The number of cyclic esters (lactones) is 1. The van der Waals surface area contributed by atoms with Crippen LogP contribution in [-0.2, 0) is 52.3 Å². The molecule has 1 amide bonds. The summed E-state index contributed by atoms with van der Waals surface area (Å²) in [5.74, 6) is 0.0242. The van der Waals surface area contributed by atoms with Crippen LogP contribution < -0.4 is 0 Å². The zero-order valence-corrected chi connectivity index (χ0v) is 41.1. The molecule has 0 aromatic rings. The summed E-state index contributed by atoms with van der Waals surface area (Å²) in [6.07, 6.45) is 18.3. The van der Waals surface area contributed by atoms with E-state index < -0.39 is 24.6 Å². The van der Waals surface area contributed by atoms with Gasteiger partial charge in [-0.3, -0.25) is 14.4 Å². The second-order valence-corrected chi connectivity index (χ2v) is 20.2. The van der Waals surface area contributed by atoms with Crippen LogP contribution in [0.3, 0.4) is 0 Å². The summed E-state index contributed by atoms with van der Waals surface area (Å²) in [5, 5.41) is 0. The van der Waals surface area contributed by atoms with Crippen molar-refractivity contribution in [1.29, 1.82) is 0 Å². The van der Waals surface area contributed by atoms with Gasteiger partial charge in [0.05, 0.1) is 36.9 Å². The Morgan fingerprint density at radius 1 is 0.797 bits per heavy atom. The van der Waals surface area contributed by atoms with Crippen LogP contribution in [0, 0.1) is 41.4 Å². The van der Waals surface area contributed by atoms with E-state index in [0.717, 1.165) is 69.8 Å². The fraction of sp³-hybridized carbons (Fsp3) is 0.865. The van der Waals surface area contributed by atoms with Gasteiger partial charge in [-0.05, 0) is 101 Å². The summed E-state index contributed by atoms with van der Waals surface area (Å²) in [7, 11) is 6.93. The fourth-order valence-electron chi connectivity index (χ4n) is 12.3. The molecule has 0 spiro atoms. The van der Waals surface area contributed by atoms with Crippen molar-refractivity contribution in [3.63, 3.8) is 0 Å². The Labute approximate surface area is 385 Å². The van der Waals surface area contributed by atoms with Gasteiger partial charge in [-0.1, -0.05) is 84.4 Å². The lowest BCUT2D eigenvalue weighted by Crippen LogP contribution is -2.59. The first-order valence-electron chi connectivity index (χ1n) is 25.5. The van der Waals surface area contributed by atoms with Gasteiger partial charge in [-0.15, -0.1) is 0 Å². The molecule has 12 nitrogen and oxygen atoms in total. The Morgan fingerprint density at radius 3 is 2.22 bits per heavy atom. The van der Waals surface area contributed by atoms with Gasteiger partial charge >= 0.3 is 5.97 Å². The van der Waals surface area contributed by atoms with Gasteiger partial charge in [-0.2, -0.15) is 0 Å². The number of hydrogen-bond donors (Lipinski definition) is 0. The SMILES string of the molecule is CCCCCCC(CCCC)C(=O)N(C)[C@H]1CC[C@H](O[C@H]2CCC[C@H](CC)OC(=O)C[C@@H]3C(=C[C@@H]4[C@H]3C=C[C@@H]3C[C@@H](O[C@@H]5OC(C)[C@H](OC)C(OC)[C@@H]5OC)C[C@@H]43)C(=O)[C@@H]2C)OC1C. The van der Waals surface area contributed by atoms with Gasteiger partial charge in [0.15, 0.2) is 18.4 Å². The topological polar surface area (TPSA) is 128 Å². The number of unbranched alkanes of at least 4 members (excludes halogenated alkanes) is 4. The first kappa shape index (κ1) is 51.2. The monoisotopic (exact) mass is 900 g/mol. The van der Waals surface area contributed by atoms with E-state index in [-0.39, 0.29) is 108 Å². The molecule has 6 aliphatic rings. The van der Waals surface area contributed by atoms with Crippen molar-refractivity contribution in [3.8, 4) is 0 Å². The van der Waals surface area contributed by atoms with Crippen LogP contribution in [0.1, 0.15) is 151 Å². The van der Waals surface area contributed by atoms with Crippen molar-refractivity contribution in [1.82, 2.24) is 4.90 Å². The lowest BCUT2D eigenvalue weighted by atomic mass is 9.70. The smallest absolute Gasteiger partial charge is 0.306 e. The fourth-order valence-corrected chi connectivity index (χ4v) is 12.3. The second-order valence-electron chi connectivity index (χ2n) is 20.2. The Bertz CT molecular complexity index is 1570.